The van der Waals surface area contributed by atoms with E-state index in [2.05, 4.69) is 10.6 Å². The van der Waals surface area contributed by atoms with Gasteiger partial charge in [-0.3, -0.25) is 9.79 Å². The van der Waals surface area contributed by atoms with Crippen LogP contribution in [0.5, 0.6) is 0 Å². The number of ether oxygens (including phenoxy) is 1. The van der Waals surface area contributed by atoms with Gasteiger partial charge in [0.25, 0.3) is 5.91 Å². The normalized spacial score (nSPS) is 21.8. The number of anilines is 2. The van der Waals surface area contributed by atoms with Crippen molar-refractivity contribution in [1.29, 1.82) is 0 Å². The number of aliphatic imine (C=N–C) groups is 1. The van der Waals surface area contributed by atoms with E-state index in [-0.39, 0.29) is 12.1 Å². The number of methoxy groups -OCH3 is 1. The number of halogens is 2. The Balaban J connectivity index is 1.66. The molecule has 158 valence electrons. The minimum absolute atomic E-state index is 0.255. The molecule has 8 heteroatoms. The van der Waals surface area contributed by atoms with E-state index in [9.17, 15) is 13.6 Å². The third-order valence-electron chi connectivity index (χ3n) is 5.51. The number of hydrogen-bond acceptors (Lipinski definition) is 4. The van der Waals surface area contributed by atoms with Crippen molar-refractivity contribution >= 4 is 23.1 Å². The van der Waals surface area contributed by atoms with Gasteiger partial charge in [0.1, 0.15) is 23.0 Å². The van der Waals surface area contributed by atoms with Gasteiger partial charge in [-0.05, 0) is 43.2 Å². The van der Waals surface area contributed by atoms with Crippen LogP contribution < -0.4 is 10.6 Å². The van der Waals surface area contributed by atoms with Gasteiger partial charge in [-0.1, -0.05) is 12.1 Å². The number of carbonyl (C=O) groups is 1. The second-order valence-electron chi connectivity index (χ2n) is 7.56. The summed E-state index contributed by atoms with van der Waals surface area (Å²) in [7, 11) is 1.62. The van der Waals surface area contributed by atoms with Crippen LogP contribution in [0, 0.1) is 11.6 Å². The van der Waals surface area contributed by atoms with Gasteiger partial charge >= 0.3 is 0 Å². The molecule has 2 heterocycles. The molecule has 2 aliphatic rings. The predicted octanol–water partition coefficient (Wildman–Crippen LogP) is 3.52. The Morgan fingerprint density at radius 3 is 2.83 bits per heavy atom. The van der Waals surface area contributed by atoms with Gasteiger partial charge in [-0.25, -0.2) is 8.78 Å². The van der Waals surface area contributed by atoms with Crippen LogP contribution in [0.2, 0.25) is 0 Å². The Kier molecular flexibility index (Phi) is 5.67. The molecule has 2 aromatic rings. The number of amidine groups is 1. The minimum Gasteiger partial charge on any atom is -0.383 e. The molecule has 0 radical (unpaired) electrons. The summed E-state index contributed by atoms with van der Waals surface area (Å²) in [5, 5.41) is 6.95. The molecule has 0 aromatic heterocycles. The highest BCUT2D eigenvalue weighted by atomic mass is 19.1. The van der Waals surface area contributed by atoms with Crippen molar-refractivity contribution in [2.75, 3.05) is 44.0 Å². The number of piperidine rings is 1. The van der Waals surface area contributed by atoms with Crippen molar-refractivity contribution in [2.45, 2.75) is 18.4 Å². The van der Waals surface area contributed by atoms with E-state index >= 15 is 0 Å². The van der Waals surface area contributed by atoms with Crippen LogP contribution in [0.1, 0.15) is 23.2 Å². The molecule has 1 unspecified atom stereocenters. The summed E-state index contributed by atoms with van der Waals surface area (Å²) in [5.74, 6) is -1.17. The van der Waals surface area contributed by atoms with Crippen LogP contribution in [-0.4, -0.2) is 55.5 Å². The first-order valence-corrected chi connectivity index (χ1v) is 9.95. The van der Waals surface area contributed by atoms with Gasteiger partial charge in [-0.2, -0.15) is 0 Å². The Hall–Kier alpha value is -3.00. The molecular formula is C22H24F2N4O2. The van der Waals surface area contributed by atoms with Gasteiger partial charge in [0, 0.05) is 13.7 Å². The summed E-state index contributed by atoms with van der Waals surface area (Å²) < 4.78 is 33.0. The molecule has 0 aliphatic carbocycles. The molecule has 2 N–H and O–H groups in total. The fourth-order valence-electron chi connectivity index (χ4n) is 4.06. The maximum Gasteiger partial charge on any atom is 0.257 e. The highest BCUT2D eigenvalue weighted by Gasteiger charge is 2.44. The number of nitrogens with one attached hydrogen (secondary N) is 2. The molecule has 4 rings (SSSR count). The molecule has 1 fully saturated rings. The summed E-state index contributed by atoms with van der Waals surface area (Å²) in [6.07, 6.45) is 1.44. The van der Waals surface area contributed by atoms with Crippen LogP contribution in [0.4, 0.5) is 20.2 Å². The number of hydrogen-bond donors (Lipinski definition) is 2. The Labute approximate surface area is 173 Å². The van der Waals surface area contributed by atoms with E-state index in [1.807, 2.05) is 24.3 Å². The van der Waals surface area contributed by atoms with Crippen molar-refractivity contribution in [3.63, 3.8) is 0 Å². The summed E-state index contributed by atoms with van der Waals surface area (Å²) >= 11 is 0. The van der Waals surface area contributed by atoms with Gasteiger partial charge in [0.15, 0.2) is 0 Å². The zero-order valence-electron chi connectivity index (χ0n) is 16.8. The number of nitrogens with zero attached hydrogens (tertiary/aromatic N) is 2. The molecule has 1 saturated heterocycles. The highest BCUT2D eigenvalue weighted by Crippen LogP contribution is 2.36. The van der Waals surface area contributed by atoms with Crippen LogP contribution in [0.3, 0.4) is 0 Å². The number of fused-ring (bicyclic) bond motifs is 1. The molecule has 6 nitrogen and oxygen atoms in total. The third-order valence-corrected chi connectivity index (χ3v) is 5.51. The molecule has 2 aromatic carbocycles. The molecule has 0 bridgehead atoms. The van der Waals surface area contributed by atoms with E-state index in [4.69, 9.17) is 9.73 Å². The Morgan fingerprint density at radius 1 is 1.23 bits per heavy atom. The van der Waals surface area contributed by atoms with Gasteiger partial charge < -0.3 is 20.3 Å². The van der Waals surface area contributed by atoms with E-state index < -0.39 is 23.1 Å². The van der Waals surface area contributed by atoms with E-state index in [0.717, 1.165) is 41.8 Å². The van der Waals surface area contributed by atoms with Crippen molar-refractivity contribution < 1.29 is 18.3 Å². The lowest BCUT2D eigenvalue weighted by Gasteiger charge is -2.47. The monoisotopic (exact) mass is 414 g/mol. The van der Waals surface area contributed by atoms with Gasteiger partial charge in [0.05, 0.1) is 36.6 Å². The van der Waals surface area contributed by atoms with Crippen molar-refractivity contribution in [3.8, 4) is 0 Å². The summed E-state index contributed by atoms with van der Waals surface area (Å²) in [6, 6.07) is 10.7. The molecular weight excluding hydrogens is 390 g/mol. The largest absolute Gasteiger partial charge is 0.383 e. The molecule has 1 spiro atoms. The van der Waals surface area contributed by atoms with Crippen LogP contribution in [-0.2, 0) is 4.74 Å². The number of para-hydroxylation sites is 2. The lowest BCUT2D eigenvalue weighted by atomic mass is 9.84. The first-order chi connectivity index (χ1) is 14.5. The first kappa shape index (κ1) is 20.3. The third kappa shape index (κ3) is 3.87. The number of benzene rings is 2. The molecule has 30 heavy (non-hydrogen) atoms. The van der Waals surface area contributed by atoms with Crippen molar-refractivity contribution in [2.24, 2.45) is 4.99 Å². The maximum absolute atomic E-state index is 14.2. The zero-order valence-corrected chi connectivity index (χ0v) is 16.8. The van der Waals surface area contributed by atoms with Crippen LogP contribution >= 0.6 is 0 Å². The SMILES string of the molecule is COCCN=C1Nc2ccccc2NC12CCCN(C(=O)c1cc(F)ccc1F)C2. The lowest BCUT2D eigenvalue weighted by Crippen LogP contribution is -2.62. The number of amides is 1. The van der Waals surface area contributed by atoms with Gasteiger partial charge in [0.2, 0.25) is 0 Å². The number of carbonyl (C=O) groups excluding carboxylic acids is 1. The Morgan fingerprint density at radius 2 is 2.03 bits per heavy atom. The average molecular weight is 414 g/mol. The zero-order chi connectivity index (χ0) is 21.1. The molecule has 0 saturated carbocycles. The fourth-order valence-corrected chi connectivity index (χ4v) is 4.06. The highest BCUT2D eigenvalue weighted by molar-refractivity contribution is 6.10. The van der Waals surface area contributed by atoms with Crippen molar-refractivity contribution in [1.82, 2.24) is 4.90 Å². The number of rotatable bonds is 4. The second-order valence-corrected chi connectivity index (χ2v) is 7.56. The smallest absolute Gasteiger partial charge is 0.257 e. The second kappa shape index (κ2) is 8.39. The topological polar surface area (TPSA) is 66.0 Å². The summed E-state index contributed by atoms with van der Waals surface area (Å²) in [6.45, 7) is 1.69. The number of likely N-dealkylation sites (tertiary alicyclic amines) is 1. The standard InChI is InChI=1S/C22H24F2N4O2/c1-30-12-10-25-21-22(27-19-6-3-2-5-18(19)26-21)9-4-11-28(14-22)20(29)16-13-15(23)7-8-17(16)24/h2-3,5-8,13,27H,4,9-12,14H2,1H3,(H,25,26). The Bertz CT molecular complexity index is 981. The van der Waals surface area contributed by atoms with Gasteiger partial charge in [-0.15, -0.1) is 0 Å². The van der Waals surface area contributed by atoms with Crippen molar-refractivity contribution in [3.05, 3.63) is 59.7 Å². The van der Waals surface area contributed by atoms with Crippen LogP contribution in [0.25, 0.3) is 0 Å². The van der Waals surface area contributed by atoms with E-state index in [1.165, 1.54) is 0 Å². The van der Waals surface area contributed by atoms with Crippen LogP contribution in [0.15, 0.2) is 47.5 Å². The molecule has 1 amide bonds. The quantitative estimate of drug-likeness (QED) is 0.752. The average Bonchev–Trinajstić information content (AvgIpc) is 2.75. The fraction of sp³-hybridized carbons (Fsp3) is 0.364. The predicted molar refractivity (Wildman–Crippen MR) is 112 cm³/mol. The summed E-state index contributed by atoms with van der Waals surface area (Å²) in [4.78, 5) is 19.3. The summed E-state index contributed by atoms with van der Waals surface area (Å²) in [5.41, 5.74) is 0.919. The van der Waals surface area contributed by atoms with E-state index in [1.54, 1.807) is 12.0 Å². The maximum atomic E-state index is 14.2. The first-order valence-electron chi connectivity index (χ1n) is 9.95. The van der Waals surface area contributed by atoms with E-state index in [0.29, 0.717) is 26.1 Å². The molecule has 2 aliphatic heterocycles. The minimum atomic E-state index is -0.727. The lowest BCUT2D eigenvalue weighted by molar-refractivity contribution is 0.0689. The molecule has 1 atom stereocenters.